The summed E-state index contributed by atoms with van der Waals surface area (Å²) in [6, 6.07) is 13.9. The van der Waals surface area contributed by atoms with E-state index in [1.807, 2.05) is 29.1 Å². The molecule has 1 fully saturated rings. The lowest BCUT2D eigenvalue weighted by molar-refractivity contribution is 0.0174. The predicted octanol–water partition coefficient (Wildman–Crippen LogP) is 4.53. The maximum atomic E-state index is 13.3. The molecule has 0 bridgehead atoms. The number of carbonyl (C=O) groups excluding carboxylic acids is 1. The number of halogens is 1. The Balaban J connectivity index is 1.44. The number of nitrogens with zero attached hydrogens (tertiary/aromatic N) is 2. The lowest BCUT2D eigenvalue weighted by Gasteiger charge is -2.33. The second-order valence-corrected chi connectivity index (χ2v) is 8.03. The van der Waals surface area contributed by atoms with E-state index in [1.165, 1.54) is 24.8 Å². The van der Waals surface area contributed by atoms with Crippen LogP contribution in [0.15, 0.2) is 60.3 Å². The monoisotopic (exact) mass is 418 g/mol. The van der Waals surface area contributed by atoms with Crippen molar-refractivity contribution in [3.63, 3.8) is 0 Å². The van der Waals surface area contributed by atoms with Gasteiger partial charge in [-0.05, 0) is 66.8 Å². The number of fused-ring (bicyclic) bond motifs is 2. The van der Waals surface area contributed by atoms with Gasteiger partial charge in [-0.1, -0.05) is 18.2 Å². The SMILES string of the molecule is COC(=O)c1ccccc1CCC12Cc3cnn(-c4ccc(F)cc4)c3C=C1CCO2. The van der Waals surface area contributed by atoms with Gasteiger partial charge >= 0.3 is 5.97 Å². The first-order valence-electron chi connectivity index (χ1n) is 10.4. The third kappa shape index (κ3) is 3.47. The highest BCUT2D eigenvalue weighted by atomic mass is 19.1. The van der Waals surface area contributed by atoms with Gasteiger partial charge < -0.3 is 9.47 Å². The Morgan fingerprint density at radius 2 is 2.03 bits per heavy atom. The van der Waals surface area contributed by atoms with Gasteiger partial charge in [-0.2, -0.15) is 5.10 Å². The number of aromatic nitrogens is 2. The maximum absolute atomic E-state index is 13.3. The number of hydrogen-bond donors (Lipinski definition) is 0. The van der Waals surface area contributed by atoms with Crippen LogP contribution in [0.1, 0.15) is 40.0 Å². The summed E-state index contributed by atoms with van der Waals surface area (Å²) in [7, 11) is 1.40. The number of esters is 1. The fourth-order valence-corrected chi connectivity index (χ4v) is 4.69. The van der Waals surface area contributed by atoms with Crippen molar-refractivity contribution in [2.45, 2.75) is 31.3 Å². The zero-order chi connectivity index (χ0) is 21.4. The fourth-order valence-electron chi connectivity index (χ4n) is 4.69. The molecule has 158 valence electrons. The minimum atomic E-state index is -0.382. The van der Waals surface area contributed by atoms with Crippen LogP contribution in [-0.2, 0) is 22.3 Å². The molecule has 1 saturated heterocycles. The molecule has 1 atom stereocenters. The van der Waals surface area contributed by atoms with Gasteiger partial charge in [0, 0.05) is 12.0 Å². The molecular formula is C25H23FN2O3. The maximum Gasteiger partial charge on any atom is 0.338 e. The van der Waals surface area contributed by atoms with E-state index in [-0.39, 0.29) is 17.4 Å². The number of rotatable bonds is 5. The predicted molar refractivity (Wildman–Crippen MR) is 115 cm³/mol. The summed E-state index contributed by atoms with van der Waals surface area (Å²) in [5.74, 6) is -0.582. The summed E-state index contributed by atoms with van der Waals surface area (Å²) in [5, 5.41) is 4.56. The second-order valence-electron chi connectivity index (χ2n) is 8.03. The fraction of sp³-hybridized carbons (Fsp3) is 0.280. The first-order valence-corrected chi connectivity index (χ1v) is 10.4. The minimum Gasteiger partial charge on any atom is -0.465 e. The lowest BCUT2D eigenvalue weighted by atomic mass is 9.78. The third-order valence-electron chi connectivity index (χ3n) is 6.30. The van der Waals surface area contributed by atoms with Crippen molar-refractivity contribution in [1.29, 1.82) is 0 Å². The zero-order valence-corrected chi connectivity index (χ0v) is 17.3. The molecule has 0 radical (unpaired) electrons. The average molecular weight is 418 g/mol. The van der Waals surface area contributed by atoms with Crippen LogP contribution in [0, 0.1) is 5.82 Å². The molecule has 0 saturated carbocycles. The summed E-state index contributed by atoms with van der Waals surface area (Å²) in [6.45, 7) is 0.679. The highest BCUT2D eigenvalue weighted by Crippen LogP contribution is 2.44. The van der Waals surface area contributed by atoms with Crippen molar-refractivity contribution in [3.8, 4) is 5.69 Å². The van der Waals surface area contributed by atoms with Crippen molar-refractivity contribution in [1.82, 2.24) is 9.78 Å². The highest BCUT2D eigenvalue weighted by molar-refractivity contribution is 5.91. The van der Waals surface area contributed by atoms with E-state index < -0.39 is 0 Å². The molecule has 2 aliphatic rings. The number of carbonyl (C=O) groups is 1. The molecule has 1 aliphatic heterocycles. The van der Waals surface area contributed by atoms with Gasteiger partial charge in [0.15, 0.2) is 0 Å². The molecule has 5 rings (SSSR count). The third-order valence-corrected chi connectivity index (χ3v) is 6.30. The molecule has 3 aromatic rings. The van der Waals surface area contributed by atoms with E-state index in [0.717, 1.165) is 41.8 Å². The number of aryl methyl sites for hydroxylation is 1. The Morgan fingerprint density at radius 3 is 2.84 bits per heavy atom. The summed E-state index contributed by atoms with van der Waals surface area (Å²) in [6.07, 6.45) is 7.13. The number of methoxy groups -OCH3 is 1. The van der Waals surface area contributed by atoms with E-state index in [1.54, 1.807) is 18.2 Å². The van der Waals surface area contributed by atoms with E-state index in [0.29, 0.717) is 18.6 Å². The second kappa shape index (κ2) is 7.78. The summed E-state index contributed by atoms with van der Waals surface area (Å²) >= 11 is 0. The molecule has 1 aliphatic carbocycles. The van der Waals surface area contributed by atoms with Crippen molar-refractivity contribution in [3.05, 3.63) is 88.5 Å². The molecule has 6 heteroatoms. The van der Waals surface area contributed by atoms with E-state index in [2.05, 4.69) is 11.2 Å². The Bertz CT molecular complexity index is 1170. The zero-order valence-electron chi connectivity index (χ0n) is 17.3. The molecule has 2 aromatic carbocycles. The smallest absolute Gasteiger partial charge is 0.338 e. The van der Waals surface area contributed by atoms with Crippen LogP contribution >= 0.6 is 0 Å². The lowest BCUT2D eigenvalue weighted by Crippen LogP contribution is -2.35. The molecule has 1 unspecified atom stereocenters. The summed E-state index contributed by atoms with van der Waals surface area (Å²) in [4.78, 5) is 12.1. The van der Waals surface area contributed by atoms with Crippen LogP contribution in [-0.4, -0.2) is 35.1 Å². The Morgan fingerprint density at radius 1 is 1.23 bits per heavy atom. The van der Waals surface area contributed by atoms with Crippen LogP contribution in [0.3, 0.4) is 0 Å². The summed E-state index contributed by atoms with van der Waals surface area (Å²) < 4.78 is 26.4. The van der Waals surface area contributed by atoms with Crippen molar-refractivity contribution in [2.75, 3.05) is 13.7 Å². The van der Waals surface area contributed by atoms with Gasteiger partial charge in [0.25, 0.3) is 0 Å². The molecular weight excluding hydrogens is 395 g/mol. The molecule has 0 amide bonds. The summed E-state index contributed by atoms with van der Waals surface area (Å²) in [5.41, 5.74) is 5.40. The van der Waals surface area contributed by atoms with Gasteiger partial charge in [0.05, 0.1) is 42.5 Å². The molecule has 31 heavy (non-hydrogen) atoms. The van der Waals surface area contributed by atoms with Crippen molar-refractivity contribution >= 4 is 12.0 Å². The van der Waals surface area contributed by atoms with Gasteiger partial charge in [-0.3, -0.25) is 0 Å². The first kappa shape index (κ1) is 19.7. The molecule has 0 N–H and O–H groups in total. The molecule has 0 spiro atoms. The van der Waals surface area contributed by atoms with Gasteiger partial charge in [-0.25, -0.2) is 13.9 Å². The van der Waals surface area contributed by atoms with Gasteiger partial charge in [0.1, 0.15) is 5.82 Å². The quantitative estimate of drug-likeness (QED) is 0.572. The number of hydrogen-bond acceptors (Lipinski definition) is 4. The topological polar surface area (TPSA) is 53.3 Å². The van der Waals surface area contributed by atoms with E-state index in [9.17, 15) is 9.18 Å². The average Bonchev–Trinajstić information content (AvgIpc) is 3.39. The standard InChI is InChI=1S/C25H23FN2O3/c1-30-24(29)22-5-3-2-4-17(22)10-12-25-15-18-16-27-28(21-8-6-20(26)7-9-21)23(18)14-19(25)11-13-31-25/h2-9,14,16H,10-13,15H2,1H3. The molecule has 2 heterocycles. The first-order chi connectivity index (χ1) is 15.1. The minimum absolute atomic E-state index is 0.265. The number of ether oxygens (including phenoxy) is 2. The van der Waals surface area contributed by atoms with Crippen LogP contribution in [0.4, 0.5) is 4.39 Å². The van der Waals surface area contributed by atoms with Crippen LogP contribution in [0.2, 0.25) is 0 Å². The van der Waals surface area contributed by atoms with Crippen molar-refractivity contribution < 1.29 is 18.7 Å². The van der Waals surface area contributed by atoms with E-state index in [4.69, 9.17) is 9.47 Å². The normalized spacial score (nSPS) is 19.5. The van der Waals surface area contributed by atoms with Crippen LogP contribution in [0.5, 0.6) is 0 Å². The van der Waals surface area contributed by atoms with Gasteiger partial charge in [0.2, 0.25) is 0 Å². The largest absolute Gasteiger partial charge is 0.465 e. The van der Waals surface area contributed by atoms with Crippen LogP contribution < -0.4 is 0 Å². The van der Waals surface area contributed by atoms with Crippen molar-refractivity contribution in [2.24, 2.45) is 0 Å². The van der Waals surface area contributed by atoms with Gasteiger partial charge in [-0.15, -0.1) is 0 Å². The van der Waals surface area contributed by atoms with E-state index >= 15 is 0 Å². The molecule has 5 nitrogen and oxygen atoms in total. The Hall–Kier alpha value is -3.25. The van der Waals surface area contributed by atoms with Crippen LogP contribution in [0.25, 0.3) is 11.8 Å². The highest BCUT2D eigenvalue weighted by Gasteiger charge is 2.43. The Labute approximate surface area is 180 Å². The number of benzene rings is 2. The molecule has 1 aromatic heterocycles. The Kier molecular flexibility index (Phi) is 4.94.